The van der Waals surface area contributed by atoms with Crippen LogP contribution in [-0.4, -0.2) is 25.2 Å². The van der Waals surface area contributed by atoms with Gasteiger partial charge in [0.05, 0.1) is 0 Å². The molecule has 0 heterocycles. The zero-order chi connectivity index (χ0) is 22.9. The van der Waals surface area contributed by atoms with E-state index >= 15 is 0 Å². The lowest BCUT2D eigenvalue weighted by Gasteiger charge is -2.30. The van der Waals surface area contributed by atoms with Crippen molar-refractivity contribution >= 4 is 0 Å². The van der Waals surface area contributed by atoms with Crippen LogP contribution in [0.5, 0.6) is 0 Å². The molecule has 3 nitrogen and oxygen atoms in total. The maximum Gasteiger partial charge on any atom is 0.0280 e. The van der Waals surface area contributed by atoms with E-state index in [4.69, 9.17) is 11.5 Å². The van der Waals surface area contributed by atoms with Crippen LogP contribution >= 0.6 is 0 Å². The lowest BCUT2D eigenvalue weighted by atomic mass is 9.87. The molecule has 0 bridgehead atoms. The molecule has 0 spiro atoms. The van der Waals surface area contributed by atoms with Crippen molar-refractivity contribution in [2.45, 2.75) is 161 Å². The number of hydrogen-bond acceptors (Lipinski definition) is 3. The molecule has 0 unspecified atom stereocenters. The SMILES string of the molecule is CCCCCCCCCCCCC(N)(CCCCCCCCCCCC)CNCCN. The Bertz CT molecular complexity index is 308. The summed E-state index contributed by atoms with van der Waals surface area (Å²) in [5.41, 5.74) is 12.5. The molecule has 188 valence electrons. The molecule has 5 N–H and O–H groups in total. The lowest BCUT2D eigenvalue weighted by molar-refractivity contribution is 0.319. The fourth-order valence-corrected chi connectivity index (χ4v) is 4.67. The van der Waals surface area contributed by atoms with E-state index in [0.29, 0.717) is 6.54 Å². The molecule has 0 amide bonds. The van der Waals surface area contributed by atoms with Crippen LogP contribution in [0.1, 0.15) is 155 Å². The van der Waals surface area contributed by atoms with Gasteiger partial charge in [-0.1, -0.05) is 142 Å². The van der Waals surface area contributed by atoms with Gasteiger partial charge in [-0.3, -0.25) is 0 Å². The maximum atomic E-state index is 6.85. The molecular weight excluding hydrogens is 378 g/mol. The average molecular weight is 440 g/mol. The van der Waals surface area contributed by atoms with Crippen molar-refractivity contribution in [2.24, 2.45) is 11.5 Å². The van der Waals surface area contributed by atoms with Crippen molar-refractivity contribution < 1.29 is 0 Å². The summed E-state index contributed by atoms with van der Waals surface area (Å²) in [6.45, 7) is 7.10. The first kappa shape index (κ1) is 30.9. The lowest BCUT2D eigenvalue weighted by Crippen LogP contribution is -2.49. The summed E-state index contributed by atoms with van der Waals surface area (Å²) in [4.78, 5) is 0. The van der Waals surface area contributed by atoms with E-state index in [2.05, 4.69) is 19.2 Å². The normalized spacial score (nSPS) is 12.0. The van der Waals surface area contributed by atoms with Gasteiger partial charge in [-0.15, -0.1) is 0 Å². The highest BCUT2D eigenvalue weighted by Crippen LogP contribution is 2.21. The van der Waals surface area contributed by atoms with E-state index < -0.39 is 0 Å². The topological polar surface area (TPSA) is 64.1 Å². The second-order valence-corrected chi connectivity index (χ2v) is 10.2. The molecule has 0 aromatic rings. The van der Waals surface area contributed by atoms with Crippen molar-refractivity contribution in [3.63, 3.8) is 0 Å². The van der Waals surface area contributed by atoms with E-state index in [-0.39, 0.29) is 5.54 Å². The molecule has 0 aliphatic rings. The second-order valence-electron chi connectivity index (χ2n) is 10.2. The van der Waals surface area contributed by atoms with Crippen LogP contribution in [-0.2, 0) is 0 Å². The van der Waals surface area contributed by atoms with E-state index in [1.807, 2.05) is 0 Å². The van der Waals surface area contributed by atoms with Crippen LogP contribution in [0.25, 0.3) is 0 Å². The Hall–Kier alpha value is -0.120. The summed E-state index contributed by atoms with van der Waals surface area (Å²) in [5.74, 6) is 0. The Morgan fingerprint density at radius 2 is 0.839 bits per heavy atom. The number of unbranched alkanes of at least 4 members (excludes halogenated alkanes) is 18. The molecule has 31 heavy (non-hydrogen) atoms. The van der Waals surface area contributed by atoms with E-state index in [1.165, 1.54) is 141 Å². The zero-order valence-electron chi connectivity index (χ0n) is 21.8. The van der Waals surface area contributed by atoms with Crippen molar-refractivity contribution in [1.82, 2.24) is 5.32 Å². The van der Waals surface area contributed by atoms with Crippen molar-refractivity contribution in [2.75, 3.05) is 19.6 Å². The molecule has 0 aromatic heterocycles. The van der Waals surface area contributed by atoms with Gasteiger partial charge in [0.2, 0.25) is 0 Å². The molecule has 0 fully saturated rings. The molecule has 0 atom stereocenters. The van der Waals surface area contributed by atoms with Gasteiger partial charge in [-0.2, -0.15) is 0 Å². The third kappa shape index (κ3) is 22.9. The standard InChI is InChI=1S/C28H61N3/c1-3-5-7-9-11-13-15-17-19-21-23-28(30,27-31-26-25-29)24-22-20-18-16-14-12-10-8-6-4-2/h31H,3-27,29-30H2,1-2H3. The number of hydrogen-bond donors (Lipinski definition) is 3. The highest BCUT2D eigenvalue weighted by molar-refractivity contribution is 4.86. The minimum Gasteiger partial charge on any atom is -0.329 e. The van der Waals surface area contributed by atoms with Crippen molar-refractivity contribution in [3.8, 4) is 0 Å². The van der Waals surface area contributed by atoms with Gasteiger partial charge in [0, 0.05) is 25.2 Å². The molecule has 0 saturated heterocycles. The molecular formula is C28H61N3. The summed E-state index contributed by atoms with van der Waals surface area (Å²) in [6, 6.07) is 0. The fraction of sp³-hybridized carbons (Fsp3) is 1.00. The van der Waals surface area contributed by atoms with Crippen LogP contribution in [0, 0.1) is 0 Å². The first-order chi connectivity index (χ1) is 15.2. The van der Waals surface area contributed by atoms with Gasteiger partial charge >= 0.3 is 0 Å². The summed E-state index contributed by atoms with van der Waals surface area (Å²) in [5, 5.41) is 3.50. The minimum atomic E-state index is -0.0323. The number of rotatable bonds is 26. The van der Waals surface area contributed by atoms with Gasteiger partial charge in [0.25, 0.3) is 0 Å². The molecule has 0 aliphatic heterocycles. The molecule has 0 saturated carbocycles. The van der Waals surface area contributed by atoms with Crippen LogP contribution in [0.2, 0.25) is 0 Å². The quantitative estimate of drug-likeness (QED) is 0.120. The van der Waals surface area contributed by atoms with Crippen LogP contribution < -0.4 is 16.8 Å². The maximum absolute atomic E-state index is 6.85. The van der Waals surface area contributed by atoms with Crippen LogP contribution in [0.4, 0.5) is 0 Å². The third-order valence-electron chi connectivity index (χ3n) is 6.85. The first-order valence-electron chi connectivity index (χ1n) is 14.4. The van der Waals surface area contributed by atoms with Crippen molar-refractivity contribution in [1.29, 1.82) is 0 Å². The van der Waals surface area contributed by atoms with Gasteiger partial charge < -0.3 is 16.8 Å². The Balaban J connectivity index is 3.81. The van der Waals surface area contributed by atoms with E-state index in [0.717, 1.165) is 13.1 Å². The first-order valence-corrected chi connectivity index (χ1v) is 14.4. The monoisotopic (exact) mass is 439 g/mol. The Morgan fingerprint density at radius 3 is 1.16 bits per heavy atom. The number of nitrogens with one attached hydrogen (secondary N) is 1. The molecule has 0 aromatic carbocycles. The van der Waals surface area contributed by atoms with Gasteiger partial charge in [-0.25, -0.2) is 0 Å². The minimum absolute atomic E-state index is 0.0323. The average Bonchev–Trinajstić information content (AvgIpc) is 2.76. The Morgan fingerprint density at radius 1 is 0.516 bits per heavy atom. The molecule has 0 radical (unpaired) electrons. The second kappa shape index (κ2) is 24.5. The smallest absolute Gasteiger partial charge is 0.0280 e. The highest BCUT2D eigenvalue weighted by atomic mass is 14.9. The Labute approximate surface area is 197 Å². The Kier molecular flexibility index (Phi) is 24.4. The van der Waals surface area contributed by atoms with E-state index in [1.54, 1.807) is 0 Å². The fourth-order valence-electron chi connectivity index (χ4n) is 4.67. The predicted molar refractivity (Wildman–Crippen MR) is 142 cm³/mol. The van der Waals surface area contributed by atoms with Crippen molar-refractivity contribution in [3.05, 3.63) is 0 Å². The van der Waals surface area contributed by atoms with Gasteiger partial charge in [0.1, 0.15) is 0 Å². The van der Waals surface area contributed by atoms with E-state index in [9.17, 15) is 0 Å². The number of nitrogens with two attached hydrogens (primary N) is 2. The van der Waals surface area contributed by atoms with Crippen LogP contribution in [0.15, 0.2) is 0 Å². The van der Waals surface area contributed by atoms with Gasteiger partial charge in [-0.05, 0) is 12.8 Å². The summed E-state index contributed by atoms with van der Waals surface area (Å²) >= 11 is 0. The zero-order valence-corrected chi connectivity index (χ0v) is 21.8. The van der Waals surface area contributed by atoms with Gasteiger partial charge in [0.15, 0.2) is 0 Å². The largest absolute Gasteiger partial charge is 0.329 e. The summed E-state index contributed by atoms with van der Waals surface area (Å²) in [7, 11) is 0. The highest BCUT2D eigenvalue weighted by Gasteiger charge is 2.23. The summed E-state index contributed by atoms with van der Waals surface area (Å²) in [6.07, 6.45) is 30.2. The molecule has 0 rings (SSSR count). The summed E-state index contributed by atoms with van der Waals surface area (Å²) < 4.78 is 0. The molecule has 0 aliphatic carbocycles. The third-order valence-corrected chi connectivity index (χ3v) is 6.85. The molecule has 3 heteroatoms. The predicted octanol–water partition coefficient (Wildman–Crippen LogP) is 7.85. The van der Waals surface area contributed by atoms with Crippen LogP contribution in [0.3, 0.4) is 0 Å².